The van der Waals surface area contributed by atoms with E-state index < -0.39 is 10.0 Å². The van der Waals surface area contributed by atoms with E-state index >= 15 is 0 Å². The van der Waals surface area contributed by atoms with Gasteiger partial charge in [0.1, 0.15) is 0 Å². The fraction of sp³-hybridized carbons (Fsp3) is 0.150. The zero-order valence-electron chi connectivity index (χ0n) is 15.3. The number of aryl methyl sites for hydroxylation is 1. The molecule has 1 atom stereocenters. The number of sulfonamides is 1. The van der Waals surface area contributed by atoms with Gasteiger partial charge in [-0.3, -0.25) is 0 Å². The highest BCUT2D eigenvalue weighted by atomic mass is 32.2. The van der Waals surface area contributed by atoms with Gasteiger partial charge in [-0.25, -0.2) is 18.4 Å². The van der Waals surface area contributed by atoms with Crippen molar-refractivity contribution in [3.63, 3.8) is 0 Å². The van der Waals surface area contributed by atoms with Crippen molar-refractivity contribution in [2.45, 2.75) is 24.3 Å². The van der Waals surface area contributed by atoms with E-state index in [1.807, 2.05) is 29.6 Å². The average Bonchev–Trinajstić information content (AvgIpc) is 3.20. The van der Waals surface area contributed by atoms with E-state index in [1.54, 1.807) is 11.3 Å². The number of amides is 2. The SMILES string of the molecule is CCc1ccc(C(NC(=O)Nc2ccc(S(N)(=O)=O)cc2)c2cccs2)cc1. The van der Waals surface area contributed by atoms with E-state index in [9.17, 15) is 13.2 Å². The maximum atomic E-state index is 12.5. The zero-order chi connectivity index (χ0) is 20.1. The second-order valence-corrected chi connectivity index (χ2v) is 8.75. The maximum Gasteiger partial charge on any atom is 0.320 e. The Hall–Kier alpha value is -2.68. The van der Waals surface area contributed by atoms with Crippen molar-refractivity contribution in [3.05, 3.63) is 82.0 Å². The predicted octanol–water partition coefficient (Wildman–Crippen LogP) is 3.87. The van der Waals surface area contributed by atoms with Crippen molar-refractivity contribution >= 4 is 33.1 Å². The lowest BCUT2D eigenvalue weighted by Gasteiger charge is -2.19. The first kappa shape index (κ1) is 20.1. The lowest BCUT2D eigenvalue weighted by Crippen LogP contribution is -2.32. The molecule has 2 amide bonds. The number of urea groups is 1. The van der Waals surface area contributed by atoms with Gasteiger partial charge in [-0.05, 0) is 53.3 Å². The van der Waals surface area contributed by atoms with Crippen LogP contribution in [-0.4, -0.2) is 14.4 Å². The van der Waals surface area contributed by atoms with Crippen LogP contribution in [0.15, 0.2) is 70.9 Å². The maximum absolute atomic E-state index is 12.5. The van der Waals surface area contributed by atoms with E-state index in [4.69, 9.17) is 5.14 Å². The number of nitrogens with two attached hydrogens (primary N) is 1. The first-order valence-electron chi connectivity index (χ1n) is 8.69. The number of anilines is 1. The number of hydrogen-bond acceptors (Lipinski definition) is 4. The zero-order valence-corrected chi connectivity index (χ0v) is 16.9. The normalized spacial score (nSPS) is 12.4. The largest absolute Gasteiger partial charge is 0.326 e. The molecule has 3 rings (SSSR count). The van der Waals surface area contributed by atoms with E-state index in [2.05, 4.69) is 29.7 Å². The van der Waals surface area contributed by atoms with Gasteiger partial charge in [-0.15, -0.1) is 11.3 Å². The molecular formula is C20H21N3O3S2. The van der Waals surface area contributed by atoms with Gasteiger partial charge in [0.25, 0.3) is 0 Å². The molecule has 0 saturated carbocycles. The van der Waals surface area contributed by atoms with E-state index in [0.717, 1.165) is 16.9 Å². The van der Waals surface area contributed by atoms with Gasteiger partial charge in [0.15, 0.2) is 0 Å². The van der Waals surface area contributed by atoms with Gasteiger partial charge >= 0.3 is 6.03 Å². The second kappa shape index (κ2) is 8.55. The molecule has 1 aromatic heterocycles. The van der Waals surface area contributed by atoms with Crippen LogP contribution in [-0.2, 0) is 16.4 Å². The quantitative estimate of drug-likeness (QED) is 0.569. The van der Waals surface area contributed by atoms with Gasteiger partial charge in [0.05, 0.1) is 10.9 Å². The van der Waals surface area contributed by atoms with Gasteiger partial charge in [0, 0.05) is 10.6 Å². The Balaban J connectivity index is 1.76. The summed E-state index contributed by atoms with van der Waals surface area (Å²) in [5, 5.41) is 12.8. The molecule has 0 aliphatic rings. The number of hydrogen-bond donors (Lipinski definition) is 3. The van der Waals surface area contributed by atoms with Gasteiger partial charge in [0.2, 0.25) is 10.0 Å². The van der Waals surface area contributed by atoms with Gasteiger partial charge < -0.3 is 10.6 Å². The third kappa shape index (κ3) is 4.98. The molecule has 2 aromatic carbocycles. The van der Waals surface area contributed by atoms with Crippen molar-refractivity contribution < 1.29 is 13.2 Å². The lowest BCUT2D eigenvalue weighted by molar-refractivity contribution is 0.250. The number of rotatable bonds is 6. The molecule has 4 N–H and O–H groups in total. The van der Waals surface area contributed by atoms with Crippen LogP contribution in [0.5, 0.6) is 0 Å². The molecule has 146 valence electrons. The molecule has 0 aliphatic carbocycles. The molecule has 28 heavy (non-hydrogen) atoms. The molecule has 1 unspecified atom stereocenters. The Morgan fingerprint density at radius 3 is 2.29 bits per heavy atom. The van der Waals surface area contributed by atoms with Crippen LogP contribution in [0.25, 0.3) is 0 Å². The van der Waals surface area contributed by atoms with E-state index in [0.29, 0.717) is 5.69 Å². The van der Waals surface area contributed by atoms with Gasteiger partial charge in [-0.2, -0.15) is 0 Å². The molecule has 0 aliphatic heterocycles. The summed E-state index contributed by atoms with van der Waals surface area (Å²) < 4.78 is 22.7. The summed E-state index contributed by atoms with van der Waals surface area (Å²) in [6, 6.07) is 17.1. The third-order valence-corrected chi connectivity index (χ3v) is 6.13. The number of carbonyl (C=O) groups is 1. The Labute approximate surface area is 168 Å². The molecule has 0 saturated heterocycles. The summed E-state index contributed by atoms with van der Waals surface area (Å²) in [7, 11) is -3.77. The molecule has 0 spiro atoms. The average molecular weight is 416 g/mol. The monoisotopic (exact) mass is 415 g/mol. The minimum absolute atomic E-state index is 0.00839. The Kier molecular flexibility index (Phi) is 6.13. The topological polar surface area (TPSA) is 101 Å². The Morgan fingerprint density at radius 1 is 1.07 bits per heavy atom. The van der Waals surface area contributed by atoms with Crippen LogP contribution in [0.1, 0.15) is 29.0 Å². The Bertz CT molecular complexity index is 1030. The second-order valence-electron chi connectivity index (χ2n) is 6.21. The molecule has 3 aromatic rings. The van der Waals surface area contributed by atoms with Crippen LogP contribution in [0.3, 0.4) is 0 Å². The van der Waals surface area contributed by atoms with Crippen LogP contribution in [0, 0.1) is 0 Å². The summed E-state index contributed by atoms with van der Waals surface area (Å²) in [5.74, 6) is 0. The molecule has 0 radical (unpaired) electrons. The van der Waals surface area contributed by atoms with Crippen molar-refractivity contribution in [2.24, 2.45) is 5.14 Å². The molecular weight excluding hydrogens is 394 g/mol. The van der Waals surface area contributed by atoms with Crippen molar-refractivity contribution in [1.29, 1.82) is 0 Å². The predicted molar refractivity (Wildman–Crippen MR) is 112 cm³/mol. The van der Waals surface area contributed by atoms with Crippen molar-refractivity contribution in [1.82, 2.24) is 5.32 Å². The molecule has 0 fully saturated rings. The van der Waals surface area contributed by atoms with E-state index in [-0.39, 0.29) is 17.0 Å². The summed E-state index contributed by atoms with van der Waals surface area (Å²) >= 11 is 1.57. The fourth-order valence-electron chi connectivity index (χ4n) is 2.75. The molecule has 6 nitrogen and oxygen atoms in total. The summed E-state index contributed by atoms with van der Waals surface area (Å²) in [5.41, 5.74) is 2.68. The smallest absolute Gasteiger partial charge is 0.320 e. The van der Waals surface area contributed by atoms with Crippen LogP contribution in [0.2, 0.25) is 0 Å². The van der Waals surface area contributed by atoms with Gasteiger partial charge in [-0.1, -0.05) is 37.3 Å². The fourth-order valence-corrected chi connectivity index (χ4v) is 4.06. The van der Waals surface area contributed by atoms with Crippen molar-refractivity contribution in [3.8, 4) is 0 Å². The minimum atomic E-state index is -3.77. The number of thiophene rings is 1. The standard InChI is InChI=1S/C20H21N3O3S2/c1-2-14-5-7-15(8-6-14)19(18-4-3-13-27-18)23-20(24)22-16-9-11-17(12-10-16)28(21,25)26/h3-13,19H,2H2,1H3,(H2,21,25,26)(H2,22,23,24). The summed E-state index contributed by atoms with van der Waals surface area (Å²) in [6.45, 7) is 2.10. The molecule has 0 bridgehead atoms. The number of carbonyl (C=O) groups excluding carboxylic acids is 1. The molecule has 8 heteroatoms. The van der Waals surface area contributed by atoms with Crippen LogP contribution in [0.4, 0.5) is 10.5 Å². The first-order chi connectivity index (χ1) is 13.4. The van der Waals surface area contributed by atoms with Crippen LogP contribution < -0.4 is 15.8 Å². The molecule has 1 heterocycles. The Morgan fingerprint density at radius 2 is 1.75 bits per heavy atom. The van der Waals surface area contributed by atoms with Crippen LogP contribution >= 0.6 is 11.3 Å². The highest BCUT2D eigenvalue weighted by Gasteiger charge is 2.18. The lowest BCUT2D eigenvalue weighted by atomic mass is 10.0. The first-order valence-corrected chi connectivity index (χ1v) is 11.1. The number of nitrogens with one attached hydrogen (secondary N) is 2. The highest BCUT2D eigenvalue weighted by Crippen LogP contribution is 2.26. The number of benzene rings is 2. The minimum Gasteiger partial charge on any atom is -0.326 e. The third-order valence-electron chi connectivity index (χ3n) is 4.27. The number of primary sulfonamides is 1. The summed E-state index contributed by atoms with van der Waals surface area (Å²) in [6.07, 6.45) is 0.951. The van der Waals surface area contributed by atoms with E-state index in [1.165, 1.54) is 29.8 Å². The highest BCUT2D eigenvalue weighted by molar-refractivity contribution is 7.89. The summed E-state index contributed by atoms with van der Waals surface area (Å²) in [4.78, 5) is 13.5. The van der Waals surface area contributed by atoms with Crippen molar-refractivity contribution in [2.75, 3.05) is 5.32 Å².